The number of ether oxygens (including phenoxy) is 1. The lowest BCUT2D eigenvalue weighted by molar-refractivity contribution is -0.150. The number of nitrogens with zero attached hydrogens (tertiary/aromatic N) is 1. The van der Waals surface area contributed by atoms with Crippen LogP contribution in [-0.4, -0.2) is 47.8 Å². The zero-order valence-corrected chi connectivity index (χ0v) is 11.2. The molecular weight excluding hydrogens is 218 g/mol. The van der Waals surface area contributed by atoms with Crippen LogP contribution in [0.4, 0.5) is 0 Å². The molecule has 0 aromatic heterocycles. The van der Waals surface area contributed by atoms with Crippen molar-refractivity contribution in [2.24, 2.45) is 0 Å². The number of hydrogen-bond donors (Lipinski definition) is 1. The second-order valence-corrected chi connectivity index (χ2v) is 4.94. The van der Waals surface area contributed by atoms with E-state index in [1.54, 1.807) is 0 Å². The SMILES string of the molecule is CCC(O)(CC)CN1CCCCC1C(=O)OC. The molecule has 0 aliphatic carbocycles. The highest BCUT2D eigenvalue weighted by molar-refractivity contribution is 5.75. The third-order valence-corrected chi connectivity index (χ3v) is 3.90. The lowest BCUT2D eigenvalue weighted by Crippen LogP contribution is -2.52. The molecule has 0 aromatic carbocycles. The predicted molar refractivity (Wildman–Crippen MR) is 66.8 cm³/mol. The fraction of sp³-hybridized carbons (Fsp3) is 0.923. The number of carbonyl (C=O) groups is 1. The summed E-state index contributed by atoms with van der Waals surface area (Å²) in [6.07, 6.45) is 4.43. The minimum Gasteiger partial charge on any atom is -0.468 e. The summed E-state index contributed by atoms with van der Waals surface area (Å²) in [4.78, 5) is 13.8. The maximum Gasteiger partial charge on any atom is 0.323 e. The minimum absolute atomic E-state index is 0.167. The van der Waals surface area contributed by atoms with Gasteiger partial charge in [-0.3, -0.25) is 9.69 Å². The maximum atomic E-state index is 11.7. The summed E-state index contributed by atoms with van der Waals surface area (Å²) in [7, 11) is 1.43. The van der Waals surface area contributed by atoms with Gasteiger partial charge in [-0.05, 0) is 32.2 Å². The number of β-amino-alcohol motifs (C(OH)–C–C–N with tert-alkyl or cyclic N) is 1. The van der Waals surface area contributed by atoms with Crippen molar-refractivity contribution in [1.82, 2.24) is 4.90 Å². The van der Waals surface area contributed by atoms with Crippen molar-refractivity contribution in [3.8, 4) is 0 Å². The summed E-state index contributed by atoms with van der Waals surface area (Å²) in [6.45, 7) is 5.42. The Kier molecular flexibility index (Phi) is 5.40. The quantitative estimate of drug-likeness (QED) is 0.745. The number of likely N-dealkylation sites (tertiary alicyclic amines) is 1. The first-order valence-electron chi connectivity index (χ1n) is 6.60. The Bertz CT molecular complexity index is 251. The van der Waals surface area contributed by atoms with Gasteiger partial charge in [-0.15, -0.1) is 0 Å². The number of piperidine rings is 1. The van der Waals surface area contributed by atoms with Crippen molar-refractivity contribution in [2.45, 2.75) is 57.6 Å². The molecule has 0 spiro atoms. The summed E-state index contributed by atoms with van der Waals surface area (Å²) in [6, 6.07) is -0.168. The molecule has 4 nitrogen and oxygen atoms in total. The molecule has 1 atom stereocenters. The van der Waals surface area contributed by atoms with E-state index in [2.05, 4.69) is 4.90 Å². The topological polar surface area (TPSA) is 49.8 Å². The summed E-state index contributed by atoms with van der Waals surface area (Å²) >= 11 is 0. The number of rotatable bonds is 5. The first-order chi connectivity index (χ1) is 8.06. The first-order valence-corrected chi connectivity index (χ1v) is 6.60. The Balaban J connectivity index is 2.68. The third kappa shape index (κ3) is 3.68. The van der Waals surface area contributed by atoms with Crippen LogP contribution >= 0.6 is 0 Å². The van der Waals surface area contributed by atoms with E-state index >= 15 is 0 Å². The van der Waals surface area contributed by atoms with E-state index in [1.165, 1.54) is 7.11 Å². The van der Waals surface area contributed by atoms with Crippen LogP contribution in [0.5, 0.6) is 0 Å². The van der Waals surface area contributed by atoms with E-state index < -0.39 is 5.60 Å². The van der Waals surface area contributed by atoms with Gasteiger partial charge in [-0.2, -0.15) is 0 Å². The summed E-state index contributed by atoms with van der Waals surface area (Å²) in [5.41, 5.74) is -0.677. The molecule has 0 radical (unpaired) electrons. The standard InChI is InChI=1S/C13H25NO3/c1-4-13(16,5-2)10-14-9-7-6-8-11(14)12(15)17-3/h11,16H,4-10H2,1-3H3. The van der Waals surface area contributed by atoms with Gasteiger partial charge in [0.15, 0.2) is 0 Å². The first kappa shape index (κ1) is 14.5. The molecule has 0 saturated carbocycles. The Morgan fingerprint density at radius 1 is 1.41 bits per heavy atom. The molecule has 1 N–H and O–H groups in total. The molecular formula is C13H25NO3. The van der Waals surface area contributed by atoms with Gasteiger partial charge in [0.05, 0.1) is 12.7 Å². The van der Waals surface area contributed by atoms with Gasteiger partial charge in [-0.1, -0.05) is 20.3 Å². The van der Waals surface area contributed by atoms with Crippen LogP contribution < -0.4 is 0 Å². The normalized spacial score (nSPS) is 22.5. The number of methoxy groups -OCH3 is 1. The largest absolute Gasteiger partial charge is 0.468 e. The molecule has 1 aliphatic heterocycles. The molecule has 0 amide bonds. The molecule has 17 heavy (non-hydrogen) atoms. The van der Waals surface area contributed by atoms with Gasteiger partial charge in [0.1, 0.15) is 6.04 Å². The summed E-state index contributed by atoms with van der Waals surface area (Å²) < 4.78 is 4.84. The number of hydrogen-bond acceptors (Lipinski definition) is 4. The number of aliphatic hydroxyl groups is 1. The second-order valence-electron chi connectivity index (χ2n) is 4.94. The Hall–Kier alpha value is -0.610. The fourth-order valence-electron chi connectivity index (χ4n) is 2.43. The molecule has 1 saturated heterocycles. The van der Waals surface area contributed by atoms with Gasteiger partial charge >= 0.3 is 5.97 Å². The van der Waals surface area contributed by atoms with Crippen molar-refractivity contribution < 1.29 is 14.6 Å². The van der Waals surface area contributed by atoms with E-state index in [-0.39, 0.29) is 12.0 Å². The predicted octanol–water partition coefficient (Wildman–Crippen LogP) is 1.56. The lowest BCUT2D eigenvalue weighted by atomic mass is 9.93. The number of carbonyl (C=O) groups excluding carboxylic acids is 1. The van der Waals surface area contributed by atoms with Gasteiger partial charge in [-0.25, -0.2) is 0 Å². The van der Waals surface area contributed by atoms with E-state index in [9.17, 15) is 9.90 Å². The van der Waals surface area contributed by atoms with Crippen molar-refractivity contribution in [3.05, 3.63) is 0 Å². The summed E-state index contributed by atoms with van der Waals surface area (Å²) in [5.74, 6) is -0.167. The van der Waals surface area contributed by atoms with Crippen LogP contribution in [0.15, 0.2) is 0 Å². The smallest absolute Gasteiger partial charge is 0.323 e. The van der Waals surface area contributed by atoms with Crippen LogP contribution in [0, 0.1) is 0 Å². The van der Waals surface area contributed by atoms with Crippen molar-refractivity contribution in [2.75, 3.05) is 20.2 Å². The van der Waals surface area contributed by atoms with Crippen LogP contribution in [0.3, 0.4) is 0 Å². The summed E-state index contributed by atoms with van der Waals surface area (Å²) in [5, 5.41) is 10.4. The Morgan fingerprint density at radius 3 is 2.59 bits per heavy atom. The molecule has 1 heterocycles. The van der Waals surface area contributed by atoms with Crippen LogP contribution in [0.25, 0.3) is 0 Å². The second kappa shape index (κ2) is 6.36. The molecule has 100 valence electrons. The van der Waals surface area contributed by atoms with Crippen molar-refractivity contribution in [3.63, 3.8) is 0 Å². The highest BCUT2D eigenvalue weighted by Gasteiger charge is 2.34. The monoisotopic (exact) mass is 243 g/mol. The fourth-order valence-corrected chi connectivity index (χ4v) is 2.43. The number of esters is 1. The molecule has 4 heteroatoms. The van der Waals surface area contributed by atoms with Crippen LogP contribution in [0.1, 0.15) is 46.0 Å². The molecule has 0 aromatic rings. The van der Waals surface area contributed by atoms with E-state index in [0.717, 1.165) is 25.8 Å². The van der Waals surface area contributed by atoms with E-state index in [0.29, 0.717) is 19.4 Å². The average molecular weight is 243 g/mol. The molecule has 1 unspecified atom stereocenters. The third-order valence-electron chi connectivity index (χ3n) is 3.90. The molecule has 0 bridgehead atoms. The van der Waals surface area contributed by atoms with Crippen molar-refractivity contribution in [1.29, 1.82) is 0 Å². The van der Waals surface area contributed by atoms with Gasteiger partial charge in [0.2, 0.25) is 0 Å². The zero-order chi connectivity index (χ0) is 12.9. The van der Waals surface area contributed by atoms with Gasteiger partial charge in [0, 0.05) is 6.54 Å². The van der Waals surface area contributed by atoms with Gasteiger partial charge in [0.25, 0.3) is 0 Å². The van der Waals surface area contributed by atoms with Crippen LogP contribution in [-0.2, 0) is 9.53 Å². The Labute approximate surface area is 104 Å². The lowest BCUT2D eigenvalue weighted by Gasteiger charge is -2.39. The highest BCUT2D eigenvalue weighted by atomic mass is 16.5. The molecule has 1 fully saturated rings. The van der Waals surface area contributed by atoms with Crippen LogP contribution in [0.2, 0.25) is 0 Å². The molecule has 1 aliphatic rings. The van der Waals surface area contributed by atoms with E-state index in [1.807, 2.05) is 13.8 Å². The minimum atomic E-state index is -0.677. The maximum absolute atomic E-state index is 11.7. The van der Waals surface area contributed by atoms with Gasteiger partial charge < -0.3 is 9.84 Å². The Morgan fingerprint density at radius 2 is 2.06 bits per heavy atom. The van der Waals surface area contributed by atoms with Crippen molar-refractivity contribution >= 4 is 5.97 Å². The zero-order valence-electron chi connectivity index (χ0n) is 11.2. The highest BCUT2D eigenvalue weighted by Crippen LogP contribution is 2.23. The van der Waals surface area contributed by atoms with E-state index in [4.69, 9.17) is 4.74 Å². The molecule has 1 rings (SSSR count). The average Bonchev–Trinajstić information content (AvgIpc) is 2.38.